The summed E-state index contributed by atoms with van der Waals surface area (Å²) in [5, 5.41) is 13.1. The molecule has 38 heavy (non-hydrogen) atoms. The second-order valence-corrected chi connectivity index (χ2v) is 9.67. The number of carbonyl (C=O) groups is 1. The Morgan fingerprint density at radius 3 is 2.63 bits per heavy atom. The third-order valence-electron chi connectivity index (χ3n) is 7.48. The van der Waals surface area contributed by atoms with Gasteiger partial charge in [0.1, 0.15) is 11.5 Å². The molecule has 0 spiro atoms. The standard InChI is InChI=1S/C29H30FN5O3/c1-17-13-20(29(37)38)14-23(30)27(17)19-6-10-34(11-7-19)18(2)25-16-22-24(5-9-32-28(22)33(25)4)35-12-8-21(31-3)15-26(35)36/h5-6,8-9,12-16,18,31H,7,10-11H2,1-4H3,(H,37,38)/t18-/m1/s1. The van der Waals surface area contributed by atoms with Crippen LogP contribution in [0.3, 0.4) is 0 Å². The average Bonchev–Trinajstić information content (AvgIpc) is 3.24. The van der Waals surface area contributed by atoms with Crippen molar-refractivity contribution < 1.29 is 14.3 Å². The van der Waals surface area contributed by atoms with Crippen molar-refractivity contribution in [3.63, 3.8) is 0 Å². The van der Waals surface area contributed by atoms with E-state index in [2.05, 4.69) is 32.8 Å². The van der Waals surface area contributed by atoms with Gasteiger partial charge < -0.3 is 15.0 Å². The fourth-order valence-corrected chi connectivity index (χ4v) is 5.39. The van der Waals surface area contributed by atoms with Crippen LogP contribution in [0.1, 0.15) is 46.6 Å². The van der Waals surface area contributed by atoms with Gasteiger partial charge in [0.2, 0.25) is 0 Å². The maximum absolute atomic E-state index is 14.8. The van der Waals surface area contributed by atoms with Gasteiger partial charge in [-0.25, -0.2) is 14.2 Å². The van der Waals surface area contributed by atoms with Gasteiger partial charge in [-0.05, 0) is 61.7 Å². The maximum Gasteiger partial charge on any atom is 0.335 e. The summed E-state index contributed by atoms with van der Waals surface area (Å²) in [6.07, 6.45) is 6.16. The minimum Gasteiger partial charge on any atom is -0.478 e. The monoisotopic (exact) mass is 515 g/mol. The number of anilines is 1. The quantitative estimate of drug-likeness (QED) is 0.385. The van der Waals surface area contributed by atoms with Gasteiger partial charge in [0.15, 0.2) is 0 Å². The van der Waals surface area contributed by atoms with Crippen LogP contribution in [0.4, 0.5) is 10.1 Å². The van der Waals surface area contributed by atoms with Crippen molar-refractivity contribution in [3.8, 4) is 5.69 Å². The molecule has 0 fully saturated rings. The lowest BCUT2D eigenvalue weighted by atomic mass is 9.93. The second-order valence-electron chi connectivity index (χ2n) is 9.67. The first-order valence-corrected chi connectivity index (χ1v) is 12.5. The zero-order valence-corrected chi connectivity index (χ0v) is 21.8. The van der Waals surface area contributed by atoms with E-state index in [1.165, 1.54) is 6.07 Å². The summed E-state index contributed by atoms with van der Waals surface area (Å²) in [4.78, 5) is 31.0. The number of rotatable bonds is 6. The van der Waals surface area contributed by atoms with Crippen molar-refractivity contribution in [2.45, 2.75) is 26.3 Å². The van der Waals surface area contributed by atoms with Crippen LogP contribution in [-0.4, -0.2) is 50.2 Å². The lowest BCUT2D eigenvalue weighted by Gasteiger charge is -2.32. The first kappa shape index (κ1) is 25.4. The number of carboxylic acids is 1. The Labute approximate surface area is 219 Å². The number of benzene rings is 1. The fourth-order valence-electron chi connectivity index (χ4n) is 5.39. The second kappa shape index (κ2) is 9.90. The van der Waals surface area contributed by atoms with E-state index in [4.69, 9.17) is 0 Å². The number of aromatic carboxylic acids is 1. The highest BCUT2D eigenvalue weighted by molar-refractivity contribution is 5.89. The average molecular weight is 516 g/mol. The third-order valence-corrected chi connectivity index (χ3v) is 7.48. The van der Waals surface area contributed by atoms with E-state index in [1.54, 1.807) is 37.0 Å². The summed E-state index contributed by atoms with van der Waals surface area (Å²) < 4.78 is 18.5. The molecule has 2 N–H and O–H groups in total. The van der Waals surface area contributed by atoms with Crippen molar-refractivity contribution in [1.29, 1.82) is 0 Å². The Kier molecular flexibility index (Phi) is 6.62. The molecule has 9 heteroatoms. The molecule has 8 nitrogen and oxygen atoms in total. The van der Waals surface area contributed by atoms with E-state index >= 15 is 0 Å². The molecule has 1 atom stereocenters. The van der Waals surface area contributed by atoms with Gasteiger partial charge in [0, 0.05) is 74.0 Å². The Morgan fingerprint density at radius 2 is 2.00 bits per heavy atom. The van der Waals surface area contributed by atoms with E-state index < -0.39 is 11.8 Å². The number of pyridine rings is 2. The predicted octanol–water partition coefficient (Wildman–Crippen LogP) is 4.76. The third kappa shape index (κ3) is 4.39. The smallest absolute Gasteiger partial charge is 0.335 e. The molecule has 4 heterocycles. The zero-order valence-electron chi connectivity index (χ0n) is 21.8. The normalized spacial score (nSPS) is 14.9. The highest BCUT2D eigenvalue weighted by Gasteiger charge is 2.25. The molecule has 0 radical (unpaired) electrons. The van der Waals surface area contributed by atoms with Crippen LogP contribution in [0, 0.1) is 12.7 Å². The number of carboxylic acid groups (broad SMARTS) is 1. The Bertz CT molecular complexity index is 1630. The SMILES string of the molecule is CNc1ccn(-c2ccnc3c2cc([C@@H](C)N2CC=C(c4c(C)cc(C(=O)O)cc4F)CC2)n3C)c(=O)c1. The molecule has 0 saturated heterocycles. The Hall–Kier alpha value is -4.24. The van der Waals surface area contributed by atoms with E-state index in [9.17, 15) is 19.1 Å². The molecule has 0 aliphatic carbocycles. The van der Waals surface area contributed by atoms with Crippen molar-refractivity contribution in [1.82, 2.24) is 19.0 Å². The lowest BCUT2D eigenvalue weighted by molar-refractivity contribution is 0.0696. The number of aryl methyl sites for hydroxylation is 2. The predicted molar refractivity (Wildman–Crippen MR) is 147 cm³/mol. The first-order chi connectivity index (χ1) is 18.2. The van der Waals surface area contributed by atoms with E-state index in [0.717, 1.165) is 46.3 Å². The zero-order chi connectivity index (χ0) is 27.1. The molecule has 0 unspecified atom stereocenters. The van der Waals surface area contributed by atoms with Crippen molar-refractivity contribution in [2.75, 3.05) is 25.5 Å². The van der Waals surface area contributed by atoms with Crippen LogP contribution in [0.5, 0.6) is 0 Å². The molecular weight excluding hydrogens is 485 g/mol. The molecule has 5 rings (SSSR count). The lowest BCUT2D eigenvalue weighted by Crippen LogP contribution is -2.32. The molecule has 196 valence electrons. The number of halogens is 1. The summed E-state index contributed by atoms with van der Waals surface area (Å²) in [6, 6.07) is 10.0. The van der Waals surface area contributed by atoms with Gasteiger partial charge in [0.05, 0.1) is 11.3 Å². The summed E-state index contributed by atoms with van der Waals surface area (Å²) >= 11 is 0. The van der Waals surface area contributed by atoms with Crippen molar-refractivity contribution in [2.24, 2.45) is 7.05 Å². The van der Waals surface area contributed by atoms with Gasteiger partial charge >= 0.3 is 5.97 Å². The van der Waals surface area contributed by atoms with Crippen molar-refractivity contribution >= 4 is 28.3 Å². The minimum atomic E-state index is -1.14. The molecular formula is C29H30FN5O3. The van der Waals surface area contributed by atoms with Crippen molar-refractivity contribution in [3.05, 3.63) is 93.4 Å². The van der Waals surface area contributed by atoms with Gasteiger partial charge in [0.25, 0.3) is 5.56 Å². The van der Waals surface area contributed by atoms with Crippen LogP contribution in [0.25, 0.3) is 22.3 Å². The minimum absolute atomic E-state index is 0.0422. The molecule has 3 aromatic heterocycles. The molecule has 0 saturated carbocycles. The molecule has 0 bridgehead atoms. The number of nitrogens with zero attached hydrogens (tertiary/aromatic N) is 4. The molecule has 0 amide bonds. The van der Waals surface area contributed by atoms with E-state index in [1.807, 2.05) is 25.3 Å². The van der Waals surface area contributed by atoms with Gasteiger partial charge in [-0.3, -0.25) is 14.3 Å². The first-order valence-electron chi connectivity index (χ1n) is 12.5. The van der Waals surface area contributed by atoms with Gasteiger partial charge in [-0.15, -0.1) is 0 Å². The largest absolute Gasteiger partial charge is 0.478 e. The fraction of sp³-hybridized carbons (Fsp3) is 0.276. The Morgan fingerprint density at radius 1 is 1.21 bits per heavy atom. The highest BCUT2D eigenvalue weighted by atomic mass is 19.1. The topological polar surface area (TPSA) is 92.4 Å². The Balaban J connectivity index is 1.45. The molecule has 1 aliphatic heterocycles. The number of aromatic nitrogens is 3. The van der Waals surface area contributed by atoms with Gasteiger partial charge in [-0.1, -0.05) is 6.08 Å². The molecule has 1 aliphatic rings. The summed E-state index contributed by atoms with van der Waals surface area (Å²) in [7, 11) is 3.76. The number of nitrogens with one attached hydrogen (secondary N) is 1. The van der Waals surface area contributed by atoms with Gasteiger partial charge in [-0.2, -0.15) is 0 Å². The van der Waals surface area contributed by atoms with Crippen LogP contribution in [-0.2, 0) is 7.05 Å². The molecule has 1 aromatic carbocycles. The number of hydrogen-bond donors (Lipinski definition) is 2. The van der Waals surface area contributed by atoms with E-state index in [-0.39, 0.29) is 17.2 Å². The summed E-state index contributed by atoms with van der Waals surface area (Å²) in [5.41, 5.74) is 5.22. The molecule has 4 aromatic rings. The summed E-state index contributed by atoms with van der Waals surface area (Å²) in [6.45, 7) is 5.23. The van der Waals surface area contributed by atoms with E-state index in [0.29, 0.717) is 24.1 Å². The summed E-state index contributed by atoms with van der Waals surface area (Å²) in [5.74, 6) is -1.64. The van der Waals surface area contributed by atoms with Crippen LogP contribution >= 0.6 is 0 Å². The maximum atomic E-state index is 14.8. The highest BCUT2D eigenvalue weighted by Crippen LogP contribution is 2.34. The van der Waals surface area contributed by atoms with Crippen LogP contribution < -0.4 is 10.9 Å². The van der Waals surface area contributed by atoms with Crippen LogP contribution in [0.15, 0.2) is 59.7 Å². The number of fused-ring (bicyclic) bond motifs is 1. The van der Waals surface area contributed by atoms with Crippen LogP contribution in [0.2, 0.25) is 0 Å². The number of hydrogen-bond acceptors (Lipinski definition) is 5.